The number of nitrogens with one attached hydrogen (secondary N) is 2. The Morgan fingerprint density at radius 2 is 1.85 bits per heavy atom. The lowest BCUT2D eigenvalue weighted by Crippen LogP contribution is -2.36. The molecule has 1 heterocycles. The third kappa shape index (κ3) is 3.74. The number of carbonyl (C=O) groups is 2. The van der Waals surface area contributed by atoms with Crippen LogP contribution in [0.1, 0.15) is 42.0 Å². The van der Waals surface area contributed by atoms with Crippen LogP contribution in [-0.4, -0.2) is 26.0 Å². The third-order valence-electron chi connectivity index (χ3n) is 4.91. The van der Waals surface area contributed by atoms with Gasteiger partial charge in [-0.3, -0.25) is 9.59 Å². The number of ether oxygens (including phenoxy) is 2. The molecule has 142 valence electrons. The molecule has 0 saturated heterocycles. The Kier molecular flexibility index (Phi) is 5.35. The highest BCUT2D eigenvalue weighted by molar-refractivity contribution is 6.01. The van der Waals surface area contributed by atoms with Gasteiger partial charge in [0.15, 0.2) is 11.5 Å². The van der Waals surface area contributed by atoms with Gasteiger partial charge in [0, 0.05) is 12.1 Å². The average molecular weight is 368 g/mol. The Balaban J connectivity index is 1.84. The van der Waals surface area contributed by atoms with Crippen LogP contribution in [0.2, 0.25) is 0 Å². The molecular formula is C21H24N2O4. The van der Waals surface area contributed by atoms with Gasteiger partial charge in [-0.2, -0.15) is 0 Å². The summed E-state index contributed by atoms with van der Waals surface area (Å²) in [6, 6.07) is 10.9. The smallest absolute Gasteiger partial charge is 0.228 e. The highest BCUT2D eigenvalue weighted by Crippen LogP contribution is 2.35. The molecule has 0 saturated carbocycles. The monoisotopic (exact) mass is 368 g/mol. The molecule has 2 unspecified atom stereocenters. The first kappa shape index (κ1) is 18.8. The first-order valence-electron chi connectivity index (χ1n) is 8.86. The predicted molar refractivity (Wildman–Crippen MR) is 103 cm³/mol. The standard InChI is InChI=1S/C21H24N2O4/c1-12-9-18(26-3)19(27-4)10-15(12)13(2)22-21(25)16-11-20(24)23-17-8-6-5-7-14(16)17/h5-10,13,16H,11H2,1-4H3,(H,22,25)(H,23,24). The first-order chi connectivity index (χ1) is 12.9. The zero-order valence-electron chi connectivity index (χ0n) is 16.0. The zero-order valence-corrected chi connectivity index (χ0v) is 16.0. The second kappa shape index (κ2) is 7.70. The van der Waals surface area contributed by atoms with Crippen LogP contribution in [0.3, 0.4) is 0 Å². The van der Waals surface area contributed by atoms with Gasteiger partial charge in [-0.1, -0.05) is 18.2 Å². The van der Waals surface area contributed by atoms with Crippen molar-refractivity contribution >= 4 is 17.5 Å². The van der Waals surface area contributed by atoms with E-state index in [1.165, 1.54) is 0 Å². The zero-order chi connectivity index (χ0) is 19.6. The Bertz CT molecular complexity index is 878. The van der Waals surface area contributed by atoms with Gasteiger partial charge < -0.3 is 20.1 Å². The van der Waals surface area contributed by atoms with Crippen LogP contribution in [0, 0.1) is 6.92 Å². The maximum atomic E-state index is 12.9. The van der Waals surface area contributed by atoms with Crippen LogP contribution >= 0.6 is 0 Å². The number of hydrogen-bond donors (Lipinski definition) is 2. The van der Waals surface area contributed by atoms with E-state index in [0.717, 1.165) is 16.7 Å². The molecule has 2 aromatic rings. The summed E-state index contributed by atoms with van der Waals surface area (Å²) in [4.78, 5) is 24.9. The molecule has 0 spiro atoms. The van der Waals surface area contributed by atoms with E-state index < -0.39 is 5.92 Å². The molecule has 6 nitrogen and oxygen atoms in total. The molecule has 2 aromatic carbocycles. The fourth-order valence-electron chi connectivity index (χ4n) is 3.50. The number of benzene rings is 2. The van der Waals surface area contributed by atoms with Gasteiger partial charge in [0.1, 0.15) is 0 Å². The summed E-state index contributed by atoms with van der Waals surface area (Å²) in [6.07, 6.45) is 0.139. The Labute approximate surface area is 158 Å². The van der Waals surface area contributed by atoms with Gasteiger partial charge in [0.2, 0.25) is 11.8 Å². The van der Waals surface area contributed by atoms with E-state index in [2.05, 4.69) is 10.6 Å². The van der Waals surface area contributed by atoms with Crippen molar-refractivity contribution in [3.05, 3.63) is 53.1 Å². The fourth-order valence-corrected chi connectivity index (χ4v) is 3.50. The molecule has 2 atom stereocenters. The van der Waals surface area contributed by atoms with Gasteiger partial charge in [0.05, 0.1) is 26.2 Å². The van der Waals surface area contributed by atoms with E-state index in [1.54, 1.807) is 14.2 Å². The van der Waals surface area contributed by atoms with Crippen LogP contribution < -0.4 is 20.1 Å². The summed E-state index contributed by atoms with van der Waals surface area (Å²) in [5.41, 5.74) is 3.46. The topological polar surface area (TPSA) is 76.7 Å². The first-order valence-corrected chi connectivity index (χ1v) is 8.86. The summed E-state index contributed by atoms with van der Waals surface area (Å²) in [5.74, 6) is 0.442. The minimum atomic E-state index is -0.502. The Hall–Kier alpha value is -3.02. The molecule has 0 bridgehead atoms. The highest BCUT2D eigenvalue weighted by Gasteiger charge is 2.31. The number of anilines is 1. The van der Waals surface area contributed by atoms with Crippen molar-refractivity contribution in [1.29, 1.82) is 0 Å². The lowest BCUT2D eigenvalue weighted by molar-refractivity contribution is -0.126. The van der Waals surface area contributed by atoms with E-state index in [-0.39, 0.29) is 24.3 Å². The Morgan fingerprint density at radius 1 is 1.19 bits per heavy atom. The molecule has 0 aromatic heterocycles. The van der Waals surface area contributed by atoms with Crippen molar-refractivity contribution in [3.63, 3.8) is 0 Å². The summed E-state index contributed by atoms with van der Waals surface area (Å²) >= 11 is 0. The minimum absolute atomic E-state index is 0.139. The second-order valence-electron chi connectivity index (χ2n) is 6.69. The highest BCUT2D eigenvalue weighted by atomic mass is 16.5. The SMILES string of the molecule is COc1cc(C)c(C(C)NC(=O)C2CC(=O)Nc3ccccc32)cc1OC. The largest absolute Gasteiger partial charge is 0.493 e. The molecule has 6 heteroatoms. The number of para-hydroxylation sites is 1. The maximum Gasteiger partial charge on any atom is 0.228 e. The van der Waals surface area contributed by atoms with Crippen LogP contribution in [0.5, 0.6) is 11.5 Å². The Morgan fingerprint density at radius 3 is 2.56 bits per heavy atom. The fraction of sp³-hybridized carbons (Fsp3) is 0.333. The number of hydrogen-bond acceptors (Lipinski definition) is 4. The van der Waals surface area contributed by atoms with Crippen LogP contribution in [-0.2, 0) is 9.59 Å². The molecule has 2 N–H and O–H groups in total. The normalized spacial score (nSPS) is 16.7. The molecule has 3 rings (SSSR count). The van der Waals surface area contributed by atoms with Crippen molar-refractivity contribution < 1.29 is 19.1 Å². The van der Waals surface area contributed by atoms with E-state index >= 15 is 0 Å². The van der Waals surface area contributed by atoms with E-state index in [0.29, 0.717) is 17.2 Å². The molecule has 0 aliphatic carbocycles. The van der Waals surface area contributed by atoms with Crippen LogP contribution in [0.15, 0.2) is 36.4 Å². The van der Waals surface area contributed by atoms with Crippen molar-refractivity contribution in [3.8, 4) is 11.5 Å². The lowest BCUT2D eigenvalue weighted by Gasteiger charge is -2.27. The number of amides is 2. The number of carbonyl (C=O) groups excluding carboxylic acids is 2. The number of aryl methyl sites for hydroxylation is 1. The number of rotatable bonds is 5. The molecule has 2 amide bonds. The van der Waals surface area contributed by atoms with Crippen molar-refractivity contribution in [2.45, 2.75) is 32.2 Å². The quantitative estimate of drug-likeness (QED) is 0.849. The minimum Gasteiger partial charge on any atom is -0.493 e. The van der Waals surface area contributed by atoms with Crippen molar-refractivity contribution in [2.75, 3.05) is 19.5 Å². The van der Waals surface area contributed by atoms with E-state index in [9.17, 15) is 9.59 Å². The molecule has 27 heavy (non-hydrogen) atoms. The van der Waals surface area contributed by atoms with Gasteiger partial charge >= 0.3 is 0 Å². The molecule has 0 fully saturated rings. The number of fused-ring (bicyclic) bond motifs is 1. The maximum absolute atomic E-state index is 12.9. The molecular weight excluding hydrogens is 344 g/mol. The molecule has 1 aliphatic heterocycles. The lowest BCUT2D eigenvalue weighted by atomic mass is 9.89. The van der Waals surface area contributed by atoms with Crippen LogP contribution in [0.4, 0.5) is 5.69 Å². The van der Waals surface area contributed by atoms with E-state index in [4.69, 9.17) is 9.47 Å². The summed E-state index contributed by atoms with van der Waals surface area (Å²) in [5, 5.41) is 5.86. The second-order valence-corrected chi connectivity index (χ2v) is 6.69. The number of methoxy groups -OCH3 is 2. The molecule has 1 aliphatic rings. The average Bonchev–Trinajstić information content (AvgIpc) is 2.66. The van der Waals surface area contributed by atoms with E-state index in [1.807, 2.05) is 50.2 Å². The van der Waals surface area contributed by atoms with Gasteiger partial charge in [-0.05, 0) is 48.7 Å². The molecule has 0 radical (unpaired) electrons. The van der Waals surface area contributed by atoms with Crippen molar-refractivity contribution in [2.24, 2.45) is 0 Å². The van der Waals surface area contributed by atoms with Gasteiger partial charge in [-0.25, -0.2) is 0 Å². The van der Waals surface area contributed by atoms with Crippen LogP contribution in [0.25, 0.3) is 0 Å². The van der Waals surface area contributed by atoms with Crippen molar-refractivity contribution in [1.82, 2.24) is 5.32 Å². The predicted octanol–water partition coefficient (Wildman–Crippen LogP) is 3.32. The summed E-state index contributed by atoms with van der Waals surface area (Å²) in [6.45, 7) is 3.88. The van der Waals surface area contributed by atoms with Gasteiger partial charge in [-0.15, -0.1) is 0 Å². The summed E-state index contributed by atoms with van der Waals surface area (Å²) in [7, 11) is 3.17. The van der Waals surface area contributed by atoms with Gasteiger partial charge in [0.25, 0.3) is 0 Å². The summed E-state index contributed by atoms with van der Waals surface area (Å²) < 4.78 is 10.7. The third-order valence-corrected chi connectivity index (χ3v) is 4.91.